The van der Waals surface area contributed by atoms with Gasteiger partial charge in [0.25, 0.3) is 0 Å². The minimum absolute atomic E-state index is 0.176. The van der Waals surface area contributed by atoms with Gasteiger partial charge >= 0.3 is 0 Å². The summed E-state index contributed by atoms with van der Waals surface area (Å²) in [6.07, 6.45) is 1.64. The number of phenolic OH excluding ortho intramolecular Hbond substituents is 1. The second-order valence-corrected chi connectivity index (χ2v) is 4.08. The minimum atomic E-state index is -0.279. The number of halogens is 1. The third-order valence-electron chi connectivity index (χ3n) is 2.85. The van der Waals surface area contributed by atoms with Gasteiger partial charge in [0.15, 0.2) is 0 Å². The van der Waals surface area contributed by atoms with E-state index < -0.39 is 0 Å². The molecule has 0 bridgehead atoms. The molecule has 88 valence electrons. The number of pyridine rings is 1. The lowest BCUT2D eigenvalue weighted by atomic mass is 10.0. The number of rotatable bonds is 1. The van der Waals surface area contributed by atoms with Gasteiger partial charge in [-0.05, 0) is 30.3 Å². The summed E-state index contributed by atoms with van der Waals surface area (Å²) in [7, 11) is 0. The Bertz CT molecular complexity index is 725. The summed E-state index contributed by atoms with van der Waals surface area (Å²) in [5, 5.41) is 10.2. The Morgan fingerprint density at radius 2 is 1.83 bits per heavy atom. The first-order valence-electron chi connectivity index (χ1n) is 5.58. The van der Waals surface area contributed by atoms with Gasteiger partial charge in [-0.2, -0.15) is 0 Å². The maximum atomic E-state index is 13.7. The quantitative estimate of drug-likeness (QED) is 0.701. The molecule has 0 atom stereocenters. The Balaban J connectivity index is 2.22. The maximum Gasteiger partial charge on any atom is 0.131 e. The van der Waals surface area contributed by atoms with Crippen molar-refractivity contribution in [3.8, 4) is 16.9 Å². The Hall–Kier alpha value is -2.42. The molecule has 2 nitrogen and oxygen atoms in total. The molecule has 3 heteroatoms. The lowest BCUT2D eigenvalue weighted by Crippen LogP contribution is -1.86. The summed E-state index contributed by atoms with van der Waals surface area (Å²) >= 11 is 0. The summed E-state index contributed by atoms with van der Waals surface area (Å²) in [5.41, 5.74) is 1.98. The molecule has 0 aliphatic heterocycles. The van der Waals surface area contributed by atoms with Gasteiger partial charge in [0.2, 0.25) is 0 Å². The van der Waals surface area contributed by atoms with Gasteiger partial charge in [-0.1, -0.05) is 18.2 Å². The van der Waals surface area contributed by atoms with Crippen LogP contribution in [0.4, 0.5) is 4.39 Å². The van der Waals surface area contributed by atoms with Crippen LogP contribution in [0.15, 0.2) is 54.7 Å². The first kappa shape index (κ1) is 10.7. The molecule has 0 radical (unpaired) electrons. The van der Waals surface area contributed by atoms with E-state index in [4.69, 9.17) is 0 Å². The predicted molar refractivity (Wildman–Crippen MR) is 68.8 cm³/mol. The maximum absolute atomic E-state index is 13.7. The van der Waals surface area contributed by atoms with Crippen molar-refractivity contribution in [3.05, 3.63) is 60.5 Å². The average Bonchev–Trinajstić information content (AvgIpc) is 2.38. The molecule has 0 amide bonds. The molecular weight excluding hydrogens is 229 g/mol. The molecular formula is C15H10FNO. The Morgan fingerprint density at radius 3 is 2.67 bits per heavy atom. The molecule has 18 heavy (non-hydrogen) atoms. The van der Waals surface area contributed by atoms with Crippen LogP contribution in [-0.4, -0.2) is 10.1 Å². The summed E-state index contributed by atoms with van der Waals surface area (Å²) < 4.78 is 13.7. The molecule has 0 saturated carbocycles. The number of phenols is 1. The molecule has 0 fully saturated rings. The van der Waals surface area contributed by atoms with E-state index in [2.05, 4.69) is 4.98 Å². The molecule has 0 aliphatic rings. The van der Waals surface area contributed by atoms with E-state index in [1.165, 1.54) is 6.07 Å². The molecule has 1 aromatic heterocycles. The SMILES string of the molecule is Oc1ccc2ncc(-c3ccccc3F)cc2c1. The third-order valence-corrected chi connectivity index (χ3v) is 2.85. The lowest BCUT2D eigenvalue weighted by molar-refractivity contribution is 0.476. The van der Waals surface area contributed by atoms with Crippen LogP contribution in [0.3, 0.4) is 0 Å². The van der Waals surface area contributed by atoms with Gasteiger partial charge in [0.05, 0.1) is 5.52 Å². The average molecular weight is 239 g/mol. The molecule has 1 N–H and O–H groups in total. The number of hydrogen-bond donors (Lipinski definition) is 1. The number of hydrogen-bond acceptors (Lipinski definition) is 2. The Morgan fingerprint density at radius 1 is 1.00 bits per heavy atom. The smallest absolute Gasteiger partial charge is 0.131 e. The van der Waals surface area contributed by atoms with Crippen molar-refractivity contribution < 1.29 is 9.50 Å². The van der Waals surface area contributed by atoms with E-state index >= 15 is 0 Å². The fourth-order valence-electron chi connectivity index (χ4n) is 1.96. The van der Waals surface area contributed by atoms with E-state index in [0.29, 0.717) is 11.1 Å². The monoisotopic (exact) mass is 239 g/mol. The van der Waals surface area contributed by atoms with Gasteiger partial charge in [-0.25, -0.2) is 4.39 Å². The fraction of sp³-hybridized carbons (Fsp3) is 0. The number of nitrogens with zero attached hydrogens (tertiary/aromatic N) is 1. The van der Waals surface area contributed by atoms with Crippen molar-refractivity contribution in [1.29, 1.82) is 0 Å². The zero-order valence-corrected chi connectivity index (χ0v) is 9.47. The second kappa shape index (κ2) is 4.11. The van der Waals surface area contributed by atoms with Crippen molar-refractivity contribution in [2.45, 2.75) is 0 Å². The first-order chi connectivity index (χ1) is 8.74. The summed E-state index contributed by atoms with van der Waals surface area (Å²) in [6, 6.07) is 13.3. The van der Waals surface area contributed by atoms with Crippen LogP contribution >= 0.6 is 0 Å². The molecule has 2 aromatic carbocycles. The summed E-state index contributed by atoms with van der Waals surface area (Å²) in [5.74, 6) is -0.103. The molecule has 3 aromatic rings. The van der Waals surface area contributed by atoms with E-state index in [9.17, 15) is 9.50 Å². The third kappa shape index (κ3) is 1.80. The number of benzene rings is 2. The zero-order valence-electron chi connectivity index (χ0n) is 9.47. The van der Waals surface area contributed by atoms with Crippen LogP contribution in [0.5, 0.6) is 5.75 Å². The highest BCUT2D eigenvalue weighted by molar-refractivity contribution is 5.84. The van der Waals surface area contributed by atoms with Crippen LogP contribution in [-0.2, 0) is 0 Å². The predicted octanol–water partition coefficient (Wildman–Crippen LogP) is 3.75. The van der Waals surface area contributed by atoms with E-state index in [-0.39, 0.29) is 11.6 Å². The van der Waals surface area contributed by atoms with Crippen LogP contribution in [0, 0.1) is 5.82 Å². The minimum Gasteiger partial charge on any atom is -0.508 e. The highest BCUT2D eigenvalue weighted by atomic mass is 19.1. The highest BCUT2D eigenvalue weighted by Crippen LogP contribution is 2.26. The van der Waals surface area contributed by atoms with Gasteiger partial charge in [0.1, 0.15) is 11.6 Å². The summed E-state index contributed by atoms with van der Waals surface area (Å²) in [6.45, 7) is 0. The van der Waals surface area contributed by atoms with Gasteiger partial charge < -0.3 is 5.11 Å². The molecule has 1 heterocycles. The number of aromatic nitrogens is 1. The molecule has 0 unspecified atom stereocenters. The standard InChI is InChI=1S/C15H10FNO/c16-14-4-2-1-3-13(14)11-7-10-8-12(18)5-6-15(10)17-9-11/h1-9,18H. The first-order valence-corrected chi connectivity index (χ1v) is 5.58. The number of aromatic hydroxyl groups is 1. The van der Waals surface area contributed by atoms with Crippen LogP contribution in [0.1, 0.15) is 0 Å². The van der Waals surface area contributed by atoms with E-state index in [1.807, 2.05) is 6.07 Å². The van der Waals surface area contributed by atoms with Crippen molar-refractivity contribution >= 4 is 10.9 Å². The zero-order chi connectivity index (χ0) is 12.5. The Kier molecular flexibility index (Phi) is 2.45. The van der Waals surface area contributed by atoms with Crippen LogP contribution in [0.2, 0.25) is 0 Å². The molecule has 0 spiro atoms. The molecule has 3 rings (SSSR count). The van der Waals surface area contributed by atoms with Crippen molar-refractivity contribution in [3.63, 3.8) is 0 Å². The largest absolute Gasteiger partial charge is 0.508 e. The Labute approximate surface area is 103 Å². The molecule has 0 aliphatic carbocycles. The highest BCUT2D eigenvalue weighted by Gasteiger charge is 2.05. The van der Waals surface area contributed by atoms with Crippen LogP contribution in [0.25, 0.3) is 22.0 Å². The fourth-order valence-corrected chi connectivity index (χ4v) is 1.96. The topological polar surface area (TPSA) is 33.1 Å². The summed E-state index contributed by atoms with van der Waals surface area (Å²) in [4.78, 5) is 4.26. The van der Waals surface area contributed by atoms with E-state index in [0.717, 1.165) is 10.9 Å². The van der Waals surface area contributed by atoms with Crippen molar-refractivity contribution in [1.82, 2.24) is 4.98 Å². The van der Waals surface area contributed by atoms with Gasteiger partial charge in [0, 0.05) is 22.7 Å². The van der Waals surface area contributed by atoms with E-state index in [1.54, 1.807) is 42.6 Å². The lowest BCUT2D eigenvalue weighted by Gasteiger charge is -2.05. The van der Waals surface area contributed by atoms with Gasteiger partial charge in [-0.3, -0.25) is 4.98 Å². The van der Waals surface area contributed by atoms with Crippen molar-refractivity contribution in [2.24, 2.45) is 0 Å². The van der Waals surface area contributed by atoms with Crippen molar-refractivity contribution in [2.75, 3.05) is 0 Å². The molecule has 0 saturated heterocycles. The van der Waals surface area contributed by atoms with Crippen LogP contribution < -0.4 is 0 Å². The van der Waals surface area contributed by atoms with Gasteiger partial charge in [-0.15, -0.1) is 0 Å². The number of fused-ring (bicyclic) bond motifs is 1. The normalized spacial score (nSPS) is 10.7. The second-order valence-electron chi connectivity index (χ2n) is 4.08.